The van der Waals surface area contributed by atoms with Crippen LogP contribution in [0.4, 0.5) is 10.6 Å². The van der Waals surface area contributed by atoms with E-state index in [-0.39, 0.29) is 12.1 Å². The highest BCUT2D eigenvalue weighted by Crippen LogP contribution is 2.36. The summed E-state index contributed by atoms with van der Waals surface area (Å²) in [7, 11) is 0. The Kier molecular flexibility index (Phi) is 4.68. The van der Waals surface area contributed by atoms with E-state index >= 15 is 0 Å². The van der Waals surface area contributed by atoms with Gasteiger partial charge >= 0.3 is 6.09 Å². The van der Waals surface area contributed by atoms with Gasteiger partial charge in [0, 0.05) is 24.8 Å². The van der Waals surface area contributed by atoms with Crippen LogP contribution >= 0.6 is 0 Å². The number of aromatic nitrogens is 3. The zero-order valence-electron chi connectivity index (χ0n) is 17.3. The second-order valence-electron chi connectivity index (χ2n) is 8.64. The maximum atomic E-state index is 12.5. The van der Waals surface area contributed by atoms with Gasteiger partial charge in [0.1, 0.15) is 23.4 Å². The van der Waals surface area contributed by atoms with Gasteiger partial charge in [0.15, 0.2) is 0 Å². The number of nitrogens with two attached hydrogens (primary N) is 1. The number of carbonyl (C=O) groups is 1. The summed E-state index contributed by atoms with van der Waals surface area (Å²) in [6.07, 6.45) is 4.14. The number of hydrogen-bond acceptors (Lipinski definition) is 5. The predicted molar refractivity (Wildman–Crippen MR) is 114 cm³/mol. The van der Waals surface area contributed by atoms with Gasteiger partial charge in [-0.2, -0.15) is 0 Å². The summed E-state index contributed by atoms with van der Waals surface area (Å²) in [5.41, 5.74) is 9.80. The highest BCUT2D eigenvalue weighted by Gasteiger charge is 2.32. The summed E-state index contributed by atoms with van der Waals surface area (Å²) in [6, 6.07) is 8.44. The van der Waals surface area contributed by atoms with E-state index in [0.29, 0.717) is 18.9 Å². The Hall–Kier alpha value is -3.09. The Morgan fingerprint density at radius 2 is 1.93 bits per heavy atom. The largest absolute Gasteiger partial charge is 0.444 e. The fourth-order valence-corrected chi connectivity index (χ4v) is 3.80. The Morgan fingerprint density at radius 3 is 2.62 bits per heavy atom. The van der Waals surface area contributed by atoms with Crippen LogP contribution in [0.3, 0.4) is 0 Å². The molecule has 0 aliphatic carbocycles. The van der Waals surface area contributed by atoms with Gasteiger partial charge in [0.05, 0.1) is 11.4 Å². The monoisotopic (exact) mass is 393 g/mol. The molecule has 2 aromatic heterocycles. The van der Waals surface area contributed by atoms with Gasteiger partial charge in [-0.15, -0.1) is 0 Å². The second-order valence-corrected chi connectivity index (χ2v) is 8.64. The van der Waals surface area contributed by atoms with Gasteiger partial charge in [-0.1, -0.05) is 29.8 Å². The van der Waals surface area contributed by atoms with Gasteiger partial charge in [-0.3, -0.25) is 0 Å². The molecule has 1 amide bonds. The SMILES string of the molecule is Cc1ccc(-c2cn(C3CCN(C(=O)OC(C)(C)C)C3)c3ncnc(N)c23)cc1. The predicted octanol–water partition coefficient (Wildman–Crippen LogP) is 4.17. The normalized spacial score (nSPS) is 17.1. The summed E-state index contributed by atoms with van der Waals surface area (Å²) in [6.45, 7) is 8.94. The first-order valence-corrected chi connectivity index (χ1v) is 9.89. The van der Waals surface area contributed by atoms with E-state index in [2.05, 4.69) is 51.9 Å². The lowest BCUT2D eigenvalue weighted by Crippen LogP contribution is -2.35. The van der Waals surface area contributed by atoms with Crippen molar-refractivity contribution in [2.24, 2.45) is 0 Å². The minimum absolute atomic E-state index is 0.110. The van der Waals surface area contributed by atoms with Crippen LogP contribution in [0.5, 0.6) is 0 Å². The summed E-state index contributed by atoms with van der Waals surface area (Å²) >= 11 is 0. The van der Waals surface area contributed by atoms with Crippen molar-refractivity contribution in [3.05, 3.63) is 42.4 Å². The third kappa shape index (κ3) is 3.77. The Balaban J connectivity index is 1.69. The van der Waals surface area contributed by atoms with E-state index in [4.69, 9.17) is 10.5 Å². The first kappa shape index (κ1) is 19.2. The maximum Gasteiger partial charge on any atom is 0.410 e. The number of ether oxygens (including phenoxy) is 1. The molecule has 0 saturated carbocycles. The van der Waals surface area contributed by atoms with Gasteiger partial charge in [0.25, 0.3) is 0 Å². The molecule has 0 spiro atoms. The van der Waals surface area contributed by atoms with Crippen molar-refractivity contribution in [2.75, 3.05) is 18.8 Å². The van der Waals surface area contributed by atoms with Crippen LogP contribution in [-0.2, 0) is 4.74 Å². The van der Waals surface area contributed by atoms with Crippen molar-refractivity contribution in [3.8, 4) is 11.1 Å². The standard InChI is InChI=1S/C22H27N5O2/c1-14-5-7-15(8-6-14)17-12-27(20-18(17)19(23)24-13-25-20)16-9-10-26(11-16)21(28)29-22(2,3)4/h5-8,12-13,16H,9-11H2,1-4H3,(H2,23,24,25). The van der Waals surface area contributed by atoms with E-state index < -0.39 is 5.60 Å². The Bertz CT molecular complexity index is 1050. The van der Waals surface area contributed by atoms with Crippen LogP contribution in [0.25, 0.3) is 22.2 Å². The van der Waals surface area contributed by atoms with E-state index in [0.717, 1.165) is 28.6 Å². The van der Waals surface area contributed by atoms with Crippen LogP contribution in [0.15, 0.2) is 36.8 Å². The number of rotatable bonds is 2. The van der Waals surface area contributed by atoms with Crippen molar-refractivity contribution < 1.29 is 9.53 Å². The number of anilines is 1. The van der Waals surface area contributed by atoms with Crippen LogP contribution in [0.1, 0.15) is 38.8 Å². The number of carbonyl (C=O) groups excluding carboxylic acids is 1. The summed E-state index contributed by atoms with van der Waals surface area (Å²) < 4.78 is 7.66. The maximum absolute atomic E-state index is 12.5. The lowest BCUT2D eigenvalue weighted by atomic mass is 10.0. The molecule has 0 radical (unpaired) electrons. The fraction of sp³-hybridized carbons (Fsp3) is 0.409. The van der Waals surface area contributed by atoms with E-state index in [1.807, 2.05) is 20.8 Å². The van der Waals surface area contributed by atoms with Crippen molar-refractivity contribution >= 4 is 22.9 Å². The molecular formula is C22H27N5O2. The van der Waals surface area contributed by atoms with E-state index in [1.165, 1.54) is 11.9 Å². The lowest BCUT2D eigenvalue weighted by Gasteiger charge is -2.24. The molecular weight excluding hydrogens is 366 g/mol. The van der Waals surface area contributed by atoms with E-state index in [9.17, 15) is 4.79 Å². The molecule has 29 heavy (non-hydrogen) atoms. The summed E-state index contributed by atoms with van der Waals surface area (Å²) in [5.74, 6) is 0.464. The Morgan fingerprint density at radius 1 is 1.21 bits per heavy atom. The second kappa shape index (κ2) is 7.06. The number of amides is 1. The average Bonchev–Trinajstić information content (AvgIpc) is 3.26. The van der Waals surface area contributed by atoms with Crippen molar-refractivity contribution in [2.45, 2.75) is 45.8 Å². The molecule has 1 aliphatic rings. The molecule has 1 atom stereocenters. The van der Waals surface area contributed by atoms with Crippen LogP contribution in [0, 0.1) is 6.92 Å². The number of likely N-dealkylation sites (tertiary alicyclic amines) is 1. The van der Waals surface area contributed by atoms with Crippen LogP contribution in [0.2, 0.25) is 0 Å². The molecule has 4 rings (SSSR count). The van der Waals surface area contributed by atoms with Crippen LogP contribution in [-0.4, -0.2) is 44.2 Å². The number of fused-ring (bicyclic) bond motifs is 1. The highest BCUT2D eigenvalue weighted by molar-refractivity contribution is 6.00. The number of aryl methyl sites for hydroxylation is 1. The molecule has 1 unspecified atom stereocenters. The zero-order valence-corrected chi connectivity index (χ0v) is 17.3. The quantitative estimate of drug-likeness (QED) is 0.706. The number of benzene rings is 1. The number of nitrogen functional groups attached to an aromatic ring is 1. The third-order valence-corrected chi connectivity index (χ3v) is 5.21. The smallest absolute Gasteiger partial charge is 0.410 e. The highest BCUT2D eigenvalue weighted by atomic mass is 16.6. The molecule has 1 saturated heterocycles. The molecule has 3 aromatic rings. The van der Waals surface area contributed by atoms with Crippen LogP contribution < -0.4 is 5.73 Å². The average molecular weight is 393 g/mol. The minimum Gasteiger partial charge on any atom is -0.444 e. The Labute approximate surface area is 170 Å². The first-order chi connectivity index (χ1) is 13.7. The number of hydrogen-bond donors (Lipinski definition) is 1. The fourth-order valence-electron chi connectivity index (χ4n) is 3.80. The van der Waals surface area contributed by atoms with Crippen molar-refractivity contribution in [3.63, 3.8) is 0 Å². The van der Waals surface area contributed by atoms with Crippen molar-refractivity contribution in [1.29, 1.82) is 0 Å². The molecule has 0 bridgehead atoms. The third-order valence-electron chi connectivity index (χ3n) is 5.21. The summed E-state index contributed by atoms with van der Waals surface area (Å²) in [5, 5.41) is 0.854. The molecule has 1 aliphatic heterocycles. The molecule has 1 aromatic carbocycles. The molecule has 2 N–H and O–H groups in total. The van der Waals surface area contributed by atoms with Gasteiger partial charge in [0.2, 0.25) is 0 Å². The minimum atomic E-state index is -0.504. The summed E-state index contributed by atoms with van der Waals surface area (Å²) in [4.78, 5) is 22.9. The molecule has 7 nitrogen and oxygen atoms in total. The first-order valence-electron chi connectivity index (χ1n) is 9.89. The van der Waals surface area contributed by atoms with Crippen molar-refractivity contribution in [1.82, 2.24) is 19.4 Å². The molecule has 1 fully saturated rings. The zero-order chi connectivity index (χ0) is 20.8. The molecule has 152 valence electrons. The van der Waals surface area contributed by atoms with Gasteiger partial charge in [-0.05, 0) is 39.7 Å². The number of nitrogens with zero attached hydrogens (tertiary/aromatic N) is 4. The van der Waals surface area contributed by atoms with Gasteiger partial charge < -0.3 is 19.9 Å². The molecule has 7 heteroatoms. The topological polar surface area (TPSA) is 86.3 Å². The lowest BCUT2D eigenvalue weighted by molar-refractivity contribution is 0.0289. The van der Waals surface area contributed by atoms with Gasteiger partial charge in [-0.25, -0.2) is 14.8 Å². The molecule has 3 heterocycles. The van der Waals surface area contributed by atoms with E-state index in [1.54, 1.807) is 4.90 Å².